The summed E-state index contributed by atoms with van der Waals surface area (Å²) in [7, 11) is 1.74. The first-order chi connectivity index (χ1) is 4.33. The fraction of sp³-hybridized carbons (Fsp3) is 0.400. The van der Waals surface area contributed by atoms with Gasteiger partial charge in [-0.05, 0) is 18.2 Å². The number of aryl methyl sites for hydroxylation is 1. The summed E-state index contributed by atoms with van der Waals surface area (Å²) in [4.78, 5) is 1.43. The van der Waals surface area contributed by atoms with Crippen molar-refractivity contribution >= 4 is 6.08 Å². The summed E-state index contributed by atoms with van der Waals surface area (Å²) in [6.07, 6.45) is 3.67. The number of rotatable bonds is 1. The first kappa shape index (κ1) is 5.94. The van der Waals surface area contributed by atoms with Crippen molar-refractivity contribution in [2.24, 2.45) is 7.05 Å². The summed E-state index contributed by atoms with van der Waals surface area (Å²) < 4.78 is 0. The second-order valence-electron chi connectivity index (χ2n) is 1.64. The second kappa shape index (κ2) is 2.39. The van der Waals surface area contributed by atoms with Gasteiger partial charge in [-0.25, -0.2) is 0 Å². The normalized spacial score (nSPS) is 10.9. The molecule has 4 nitrogen and oxygen atoms in total. The predicted molar refractivity (Wildman–Crippen MR) is 33.5 cm³/mol. The Morgan fingerprint density at radius 1 is 1.56 bits per heavy atom. The molecule has 0 atom stereocenters. The quantitative estimate of drug-likeness (QED) is 0.538. The Kier molecular flexibility index (Phi) is 1.58. The van der Waals surface area contributed by atoms with Gasteiger partial charge in [0.05, 0.1) is 7.05 Å². The molecule has 0 unspecified atom stereocenters. The van der Waals surface area contributed by atoms with Crippen LogP contribution in [0.1, 0.15) is 12.7 Å². The minimum atomic E-state index is 0.653. The van der Waals surface area contributed by atoms with Gasteiger partial charge in [-0.3, -0.25) is 0 Å². The molecule has 1 aromatic heterocycles. The molecule has 9 heavy (non-hydrogen) atoms. The van der Waals surface area contributed by atoms with Crippen LogP contribution in [0.3, 0.4) is 0 Å². The van der Waals surface area contributed by atoms with E-state index in [1.54, 1.807) is 13.1 Å². The van der Waals surface area contributed by atoms with Gasteiger partial charge in [0, 0.05) is 0 Å². The van der Waals surface area contributed by atoms with E-state index in [4.69, 9.17) is 0 Å². The smallest absolute Gasteiger partial charge is 0.167 e. The Labute approximate surface area is 53.2 Å². The van der Waals surface area contributed by atoms with Crippen LogP contribution in [0.5, 0.6) is 0 Å². The Morgan fingerprint density at radius 2 is 2.33 bits per heavy atom. The Balaban J connectivity index is 2.85. The highest BCUT2D eigenvalue weighted by atomic mass is 15.6. The van der Waals surface area contributed by atoms with Crippen LogP contribution in [0, 0.1) is 0 Å². The summed E-state index contributed by atoms with van der Waals surface area (Å²) in [5.74, 6) is 0.653. The van der Waals surface area contributed by atoms with E-state index in [-0.39, 0.29) is 0 Å². The maximum absolute atomic E-state index is 3.91. The minimum Gasteiger partial charge on any atom is -0.167 e. The van der Waals surface area contributed by atoms with Crippen LogP contribution < -0.4 is 0 Å². The number of tetrazole rings is 1. The number of allylic oxidation sites excluding steroid dienone is 1. The molecule has 0 aliphatic rings. The summed E-state index contributed by atoms with van der Waals surface area (Å²) in [5, 5.41) is 11.3. The highest BCUT2D eigenvalue weighted by Gasteiger charge is 1.90. The third-order valence-corrected chi connectivity index (χ3v) is 0.840. The molecule has 0 N–H and O–H groups in total. The fourth-order valence-corrected chi connectivity index (χ4v) is 0.515. The first-order valence-corrected chi connectivity index (χ1v) is 2.69. The van der Waals surface area contributed by atoms with Gasteiger partial charge < -0.3 is 0 Å². The summed E-state index contributed by atoms with van der Waals surface area (Å²) in [6.45, 7) is 1.91. The van der Waals surface area contributed by atoms with Crippen molar-refractivity contribution in [2.75, 3.05) is 0 Å². The van der Waals surface area contributed by atoms with Crippen molar-refractivity contribution < 1.29 is 0 Å². The summed E-state index contributed by atoms with van der Waals surface area (Å²) >= 11 is 0. The van der Waals surface area contributed by atoms with E-state index >= 15 is 0 Å². The zero-order chi connectivity index (χ0) is 6.69. The molecule has 0 saturated carbocycles. The molecule has 1 aromatic rings. The van der Waals surface area contributed by atoms with Crippen LogP contribution in [0.2, 0.25) is 0 Å². The van der Waals surface area contributed by atoms with Crippen LogP contribution in [0.4, 0.5) is 0 Å². The van der Waals surface area contributed by atoms with E-state index in [2.05, 4.69) is 15.4 Å². The second-order valence-corrected chi connectivity index (χ2v) is 1.64. The maximum Gasteiger partial charge on any atom is 0.197 e. The largest absolute Gasteiger partial charge is 0.197 e. The standard InChI is InChI=1S/C5H8N4/c1-3-4-5-6-8-9(2)7-5/h3-4H,1-2H3/b4-3+. The van der Waals surface area contributed by atoms with E-state index in [0.717, 1.165) is 0 Å². The Hall–Kier alpha value is -1.19. The topological polar surface area (TPSA) is 43.6 Å². The van der Waals surface area contributed by atoms with Gasteiger partial charge in [-0.1, -0.05) is 6.08 Å². The lowest BCUT2D eigenvalue weighted by Crippen LogP contribution is -1.91. The fourth-order valence-electron chi connectivity index (χ4n) is 0.515. The van der Waals surface area contributed by atoms with Gasteiger partial charge in [0.15, 0.2) is 5.82 Å². The van der Waals surface area contributed by atoms with Gasteiger partial charge >= 0.3 is 0 Å². The lowest BCUT2D eigenvalue weighted by molar-refractivity contribution is 0.629. The molecule has 0 fully saturated rings. The van der Waals surface area contributed by atoms with Crippen molar-refractivity contribution in [3.05, 3.63) is 11.9 Å². The van der Waals surface area contributed by atoms with E-state index in [1.807, 2.05) is 13.0 Å². The molecule has 0 bridgehead atoms. The van der Waals surface area contributed by atoms with E-state index in [0.29, 0.717) is 5.82 Å². The molecular weight excluding hydrogens is 116 g/mol. The molecule has 0 aliphatic carbocycles. The minimum absolute atomic E-state index is 0.653. The molecule has 0 radical (unpaired) electrons. The zero-order valence-electron chi connectivity index (χ0n) is 5.44. The molecule has 48 valence electrons. The van der Waals surface area contributed by atoms with E-state index in [9.17, 15) is 0 Å². The van der Waals surface area contributed by atoms with Crippen LogP contribution in [-0.4, -0.2) is 20.2 Å². The van der Waals surface area contributed by atoms with Gasteiger partial charge in [0.25, 0.3) is 0 Å². The van der Waals surface area contributed by atoms with Crippen LogP contribution in [0.25, 0.3) is 6.08 Å². The number of hydrogen-bond acceptors (Lipinski definition) is 3. The summed E-state index contributed by atoms with van der Waals surface area (Å²) in [6, 6.07) is 0. The number of aromatic nitrogens is 4. The maximum atomic E-state index is 3.91. The third kappa shape index (κ3) is 1.35. The predicted octanol–water partition coefficient (Wildman–Crippen LogP) is 0.243. The number of nitrogens with zero attached hydrogens (tertiary/aromatic N) is 4. The van der Waals surface area contributed by atoms with Crippen LogP contribution in [0.15, 0.2) is 6.08 Å². The average molecular weight is 124 g/mol. The van der Waals surface area contributed by atoms with Gasteiger partial charge in [-0.2, -0.15) is 4.80 Å². The Bertz CT molecular complexity index is 212. The van der Waals surface area contributed by atoms with Crippen molar-refractivity contribution in [2.45, 2.75) is 6.92 Å². The van der Waals surface area contributed by atoms with Gasteiger partial charge in [0.2, 0.25) is 0 Å². The molecule has 0 amide bonds. The Morgan fingerprint density at radius 3 is 2.78 bits per heavy atom. The molecular formula is C5H8N4. The lowest BCUT2D eigenvalue weighted by Gasteiger charge is -1.75. The molecule has 1 rings (SSSR count). The molecule has 0 aromatic carbocycles. The van der Waals surface area contributed by atoms with Crippen LogP contribution in [-0.2, 0) is 7.05 Å². The van der Waals surface area contributed by atoms with E-state index < -0.39 is 0 Å². The number of hydrogen-bond donors (Lipinski definition) is 0. The molecule has 1 heterocycles. The van der Waals surface area contributed by atoms with Gasteiger partial charge in [-0.15, -0.1) is 10.2 Å². The van der Waals surface area contributed by atoms with Crippen molar-refractivity contribution in [3.63, 3.8) is 0 Å². The molecule has 0 spiro atoms. The molecule has 0 saturated heterocycles. The SMILES string of the molecule is C/C=C/c1nnn(C)n1. The van der Waals surface area contributed by atoms with Crippen molar-refractivity contribution in [1.82, 2.24) is 20.2 Å². The average Bonchev–Trinajstić information content (AvgIpc) is 2.17. The molecule has 4 heteroatoms. The van der Waals surface area contributed by atoms with Crippen LogP contribution >= 0.6 is 0 Å². The highest BCUT2D eigenvalue weighted by molar-refractivity contribution is 5.36. The third-order valence-electron chi connectivity index (χ3n) is 0.840. The van der Waals surface area contributed by atoms with Crippen molar-refractivity contribution in [1.29, 1.82) is 0 Å². The zero-order valence-corrected chi connectivity index (χ0v) is 5.44. The first-order valence-electron chi connectivity index (χ1n) is 2.69. The van der Waals surface area contributed by atoms with Gasteiger partial charge in [0.1, 0.15) is 0 Å². The summed E-state index contributed by atoms with van der Waals surface area (Å²) in [5.41, 5.74) is 0. The lowest BCUT2D eigenvalue weighted by atomic mass is 10.5. The van der Waals surface area contributed by atoms with Crippen molar-refractivity contribution in [3.8, 4) is 0 Å². The monoisotopic (exact) mass is 124 g/mol. The van der Waals surface area contributed by atoms with E-state index in [1.165, 1.54) is 4.80 Å². The molecule has 0 aliphatic heterocycles. The highest BCUT2D eigenvalue weighted by Crippen LogP contribution is 1.86.